The second kappa shape index (κ2) is 2.54. The average molecular weight is 210 g/mol. The molecule has 0 amide bonds. The molecular formula is C11H14O4. The van der Waals surface area contributed by atoms with Crippen molar-refractivity contribution in [3.63, 3.8) is 0 Å². The highest BCUT2D eigenvalue weighted by molar-refractivity contribution is 5.89. The van der Waals surface area contributed by atoms with E-state index in [0.29, 0.717) is 0 Å². The number of carbonyl (C=O) groups excluding carboxylic acids is 2. The van der Waals surface area contributed by atoms with Crippen LogP contribution in [0.2, 0.25) is 0 Å². The van der Waals surface area contributed by atoms with Crippen molar-refractivity contribution in [2.45, 2.75) is 25.9 Å². The number of esters is 2. The number of carbonyl (C=O) groups is 2. The minimum Gasteiger partial charge on any atom is -0.469 e. The predicted octanol–water partition coefficient (Wildman–Crippen LogP) is 0.747. The fraction of sp³-hybridized carbons (Fsp3) is 0.818. The van der Waals surface area contributed by atoms with E-state index in [1.807, 2.05) is 6.92 Å². The highest BCUT2D eigenvalue weighted by Gasteiger charge is 2.71. The summed E-state index contributed by atoms with van der Waals surface area (Å²) < 4.78 is 10.1. The minimum absolute atomic E-state index is 0.0633. The van der Waals surface area contributed by atoms with Gasteiger partial charge in [-0.25, -0.2) is 0 Å². The molecule has 2 aliphatic carbocycles. The maximum Gasteiger partial charge on any atom is 0.313 e. The molecule has 3 aliphatic rings. The number of methoxy groups -OCH3 is 1. The van der Waals surface area contributed by atoms with Crippen LogP contribution in [0.3, 0.4) is 0 Å². The van der Waals surface area contributed by atoms with E-state index in [9.17, 15) is 9.59 Å². The first-order valence-electron chi connectivity index (χ1n) is 5.38. The summed E-state index contributed by atoms with van der Waals surface area (Å²) in [5.74, 6) is -0.211. The van der Waals surface area contributed by atoms with Crippen LogP contribution in [0, 0.1) is 23.2 Å². The maximum absolute atomic E-state index is 11.8. The Morgan fingerprint density at radius 3 is 2.93 bits per heavy atom. The van der Waals surface area contributed by atoms with Gasteiger partial charge in [-0.05, 0) is 25.7 Å². The summed E-state index contributed by atoms with van der Waals surface area (Å²) in [7, 11) is 1.38. The van der Waals surface area contributed by atoms with Crippen molar-refractivity contribution in [1.29, 1.82) is 0 Å². The van der Waals surface area contributed by atoms with Gasteiger partial charge in [0.25, 0.3) is 0 Å². The van der Waals surface area contributed by atoms with Crippen molar-refractivity contribution in [2.24, 2.45) is 23.2 Å². The van der Waals surface area contributed by atoms with E-state index in [4.69, 9.17) is 9.47 Å². The fourth-order valence-corrected chi connectivity index (χ4v) is 3.90. The number of hydrogen-bond donors (Lipinski definition) is 0. The lowest BCUT2D eigenvalue weighted by molar-refractivity contribution is -0.159. The highest BCUT2D eigenvalue weighted by atomic mass is 16.6. The number of rotatable bonds is 1. The van der Waals surface area contributed by atoms with Crippen molar-refractivity contribution >= 4 is 11.9 Å². The molecule has 4 heteroatoms. The molecule has 0 aromatic heterocycles. The normalized spacial score (nSPS) is 50.7. The van der Waals surface area contributed by atoms with Gasteiger partial charge in [0.2, 0.25) is 0 Å². The smallest absolute Gasteiger partial charge is 0.313 e. The minimum atomic E-state index is -0.610. The van der Waals surface area contributed by atoms with E-state index in [-0.39, 0.29) is 35.8 Å². The first-order valence-corrected chi connectivity index (χ1v) is 5.38. The zero-order chi connectivity index (χ0) is 10.8. The molecule has 2 saturated carbocycles. The molecule has 1 heterocycles. The topological polar surface area (TPSA) is 52.6 Å². The number of fused-ring (bicyclic) bond motifs is 1. The van der Waals surface area contributed by atoms with Gasteiger partial charge in [0.05, 0.1) is 18.4 Å². The van der Waals surface area contributed by atoms with Crippen LogP contribution in [0.5, 0.6) is 0 Å². The standard InChI is InChI=1S/C11H14O4/c1-11-6-3-5(8(11)9(12)14-2)4-7(6)15-10(11)13/h5-8H,3-4H2,1-2H3/t5-,6+,7+,8-,11+/m1/s1. The van der Waals surface area contributed by atoms with Crippen molar-refractivity contribution in [3.8, 4) is 0 Å². The van der Waals surface area contributed by atoms with E-state index >= 15 is 0 Å². The molecule has 0 radical (unpaired) electrons. The van der Waals surface area contributed by atoms with Gasteiger partial charge in [-0.15, -0.1) is 0 Å². The summed E-state index contributed by atoms with van der Waals surface area (Å²) in [6.07, 6.45) is 1.84. The van der Waals surface area contributed by atoms with Gasteiger partial charge in [-0.2, -0.15) is 0 Å². The summed E-state index contributed by atoms with van der Waals surface area (Å²) in [6, 6.07) is 0. The van der Waals surface area contributed by atoms with Crippen LogP contribution in [-0.4, -0.2) is 25.2 Å². The summed E-state index contributed by atoms with van der Waals surface area (Å²) >= 11 is 0. The van der Waals surface area contributed by atoms with Gasteiger partial charge in [-0.3, -0.25) is 9.59 Å². The van der Waals surface area contributed by atoms with Crippen molar-refractivity contribution < 1.29 is 19.1 Å². The molecule has 4 nitrogen and oxygen atoms in total. The first kappa shape index (κ1) is 9.19. The fourth-order valence-electron chi connectivity index (χ4n) is 3.90. The maximum atomic E-state index is 11.8. The molecule has 5 atom stereocenters. The van der Waals surface area contributed by atoms with Crippen LogP contribution in [0.4, 0.5) is 0 Å². The molecule has 3 rings (SSSR count). The van der Waals surface area contributed by atoms with Crippen LogP contribution < -0.4 is 0 Å². The van der Waals surface area contributed by atoms with Crippen LogP contribution >= 0.6 is 0 Å². The van der Waals surface area contributed by atoms with Crippen LogP contribution in [0.1, 0.15) is 19.8 Å². The van der Waals surface area contributed by atoms with Crippen LogP contribution in [-0.2, 0) is 19.1 Å². The molecule has 0 unspecified atom stereocenters. The monoisotopic (exact) mass is 210 g/mol. The summed E-state index contributed by atoms with van der Waals surface area (Å²) in [6.45, 7) is 1.86. The second-order valence-corrected chi connectivity index (χ2v) is 5.07. The van der Waals surface area contributed by atoms with Gasteiger partial charge >= 0.3 is 11.9 Å². The van der Waals surface area contributed by atoms with Gasteiger partial charge in [-0.1, -0.05) is 0 Å². The summed E-state index contributed by atoms with van der Waals surface area (Å²) in [4.78, 5) is 23.5. The Balaban J connectivity index is 2.04. The largest absolute Gasteiger partial charge is 0.469 e. The van der Waals surface area contributed by atoms with E-state index < -0.39 is 5.41 Å². The molecule has 2 bridgehead atoms. The zero-order valence-electron chi connectivity index (χ0n) is 8.86. The lowest BCUT2D eigenvalue weighted by Gasteiger charge is -2.30. The molecule has 1 saturated heterocycles. The molecule has 0 aromatic rings. The Bertz CT molecular complexity index is 350. The second-order valence-electron chi connectivity index (χ2n) is 5.07. The quantitative estimate of drug-likeness (QED) is 0.599. The van der Waals surface area contributed by atoms with Crippen molar-refractivity contribution in [3.05, 3.63) is 0 Å². The summed E-state index contributed by atoms with van der Waals surface area (Å²) in [5, 5.41) is 0. The zero-order valence-corrected chi connectivity index (χ0v) is 8.86. The summed E-state index contributed by atoms with van der Waals surface area (Å²) in [5.41, 5.74) is -0.610. The molecule has 0 spiro atoms. The number of hydrogen-bond acceptors (Lipinski definition) is 4. The van der Waals surface area contributed by atoms with Gasteiger partial charge in [0.15, 0.2) is 0 Å². The van der Waals surface area contributed by atoms with E-state index in [0.717, 1.165) is 12.8 Å². The van der Waals surface area contributed by atoms with Gasteiger partial charge in [0.1, 0.15) is 6.10 Å². The Kier molecular flexibility index (Phi) is 1.56. The highest BCUT2D eigenvalue weighted by Crippen LogP contribution is 2.64. The molecule has 82 valence electrons. The van der Waals surface area contributed by atoms with Crippen LogP contribution in [0.25, 0.3) is 0 Å². The third kappa shape index (κ3) is 0.840. The Morgan fingerprint density at radius 1 is 1.53 bits per heavy atom. The average Bonchev–Trinajstić information content (AvgIpc) is 2.75. The SMILES string of the molecule is COC(=O)[C@H]1[C@H]2C[C@@H]3OC(=O)[C@@]1(C)[C@H]3C2. The van der Waals surface area contributed by atoms with Crippen molar-refractivity contribution in [1.82, 2.24) is 0 Å². The third-order valence-electron chi connectivity index (χ3n) is 4.58. The van der Waals surface area contributed by atoms with Crippen LogP contribution in [0.15, 0.2) is 0 Å². The Hall–Kier alpha value is -1.06. The molecule has 0 N–H and O–H groups in total. The van der Waals surface area contributed by atoms with E-state index in [2.05, 4.69) is 0 Å². The van der Waals surface area contributed by atoms with Gasteiger partial charge in [0, 0.05) is 5.92 Å². The molecule has 0 aromatic carbocycles. The third-order valence-corrected chi connectivity index (χ3v) is 4.58. The number of ether oxygens (including phenoxy) is 2. The van der Waals surface area contributed by atoms with Gasteiger partial charge < -0.3 is 9.47 Å². The lowest BCUT2D eigenvalue weighted by atomic mass is 9.68. The molecule has 15 heavy (non-hydrogen) atoms. The first-order chi connectivity index (χ1) is 7.09. The molecular weight excluding hydrogens is 196 g/mol. The Morgan fingerprint density at radius 2 is 2.27 bits per heavy atom. The predicted molar refractivity (Wildman–Crippen MR) is 49.7 cm³/mol. The lowest BCUT2D eigenvalue weighted by Crippen LogP contribution is -2.42. The van der Waals surface area contributed by atoms with Crippen molar-refractivity contribution in [2.75, 3.05) is 7.11 Å². The van der Waals surface area contributed by atoms with E-state index in [1.165, 1.54) is 7.11 Å². The molecule has 1 aliphatic heterocycles. The van der Waals surface area contributed by atoms with E-state index in [1.54, 1.807) is 0 Å². The Labute approximate surface area is 87.9 Å². The molecule has 3 fully saturated rings.